The van der Waals surface area contributed by atoms with Gasteiger partial charge in [0.05, 0.1) is 0 Å². The topological polar surface area (TPSA) is 20.3 Å². The SMILES string of the molecule is CC=CC(=O)N1CCC(C)CC1C. The molecule has 0 aromatic heterocycles. The van der Waals surface area contributed by atoms with E-state index in [0.717, 1.165) is 25.3 Å². The molecule has 0 aromatic rings. The number of nitrogens with zero attached hydrogens (tertiary/aromatic N) is 1. The molecule has 1 rings (SSSR count). The number of hydrogen-bond donors (Lipinski definition) is 0. The number of allylic oxidation sites excluding steroid dienone is 1. The highest BCUT2D eigenvalue weighted by Gasteiger charge is 2.24. The van der Waals surface area contributed by atoms with Gasteiger partial charge in [-0.25, -0.2) is 0 Å². The van der Waals surface area contributed by atoms with E-state index in [1.807, 2.05) is 17.9 Å². The molecule has 2 atom stereocenters. The standard InChI is InChI=1S/C11H19NO/c1-4-5-11(13)12-7-6-9(2)8-10(12)3/h4-5,9-10H,6-8H2,1-3H3. The van der Waals surface area contributed by atoms with Crippen LogP contribution in [-0.2, 0) is 4.79 Å². The zero-order valence-corrected chi connectivity index (χ0v) is 8.79. The summed E-state index contributed by atoms with van der Waals surface area (Å²) in [5.41, 5.74) is 0. The van der Waals surface area contributed by atoms with Crippen molar-refractivity contribution in [3.8, 4) is 0 Å². The van der Waals surface area contributed by atoms with Crippen LogP contribution in [-0.4, -0.2) is 23.4 Å². The molecule has 0 bridgehead atoms. The number of carbonyl (C=O) groups excluding carboxylic acids is 1. The quantitative estimate of drug-likeness (QED) is 0.568. The molecule has 1 amide bonds. The van der Waals surface area contributed by atoms with Crippen LogP contribution in [0.15, 0.2) is 12.2 Å². The van der Waals surface area contributed by atoms with Crippen LogP contribution >= 0.6 is 0 Å². The molecule has 0 aliphatic carbocycles. The number of carbonyl (C=O) groups is 1. The molecule has 74 valence electrons. The predicted molar refractivity (Wildman–Crippen MR) is 54.4 cm³/mol. The minimum absolute atomic E-state index is 0.168. The lowest BCUT2D eigenvalue weighted by atomic mass is 9.93. The second-order valence-electron chi connectivity index (χ2n) is 4.01. The lowest BCUT2D eigenvalue weighted by Gasteiger charge is -2.35. The summed E-state index contributed by atoms with van der Waals surface area (Å²) >= 11 is 0. The molecule has 0 radical (unpaired) electrons. The Bertz CT molecular complexity index is 210. The Morgan fingerprint density at radius 2 is 2.15 bits per heavy atom. The van der Waals surface area contributed by atoms with Crippen molar-refractivity contribution in [3.05, 3.63) is 12.2 Å². The van der Waals surface area contributed by atoms with Gasteiger partial charge >= 0.3 is 0 Å². The molecule has 0 N–H and O–H groups in total. The summed E-state index contributed by atoms with van der Waals surface area (Å²) in [6.07, 6.45) is 5.76. The average Bonchev–Trinajstić information content (AvgIpc) is 2.04. The van der Waals surface area contributed by atoms with Gasteiger partial charge in [0, 0.05) is 12.6 Å². The molecule has 2 nitrogen and oxygen atoms in total. The van der Waals surface area contributed by atoms with Crippen LogP contribution in [0.25, 0.3) is 0 Å². The van der Waals surface area contributed by atoms with Crippen molar-refractivity contribution >= 4 is 5.91 Å². The number of piperidine rings is 1. The Kier molecular flexibility index (Phi) is 3.52. The third-order valence-corrected chi connectivity index (χ3v) is 2.73. The first-order chi connectivity index (χ1) is 6.15. The molecular formula is C11H19NO. The lowest BCUT2D eigenvalue weighted by molar-refractivity contribution is -0.129. The van der Waals surface area contributed by atoms with E-state index < -0.39 is 0 Å². The smallest absolute Gasteiger partial charge is 0.246 e. The first-order valence-corrected chi connectivity index (χ1v) is 5.08. The van der Waals surface area contributed by atoms with Crippen LogP contribution in [0.5, 0.6) is 0 Å². The summed E-state index contributed by atoms with van der Waals surface area (Å²) in [6.45, 7) is 7.20. The largest absolute Gasteiger partial charge is 0.336 e. The van der Waals surface area contributed by atoms with Crippen molar-refractivity contribution < 1.29 is 4.79 Å². The second kappa shape index (κ2) is 4.45. The van der Waals surface area contributed by atoms with Gasteiger partial charge in [0.1, 0.15) is 0 Å². The molecule has 2 heteroatoms. The molecule has 0 spiro atoms. The van der Waals surface area contributed by atoms with E-state index in [2.05, 4.69) is 13.8 Å². The van der Waals surface area contributed by atoms with Crippen LogP contribution in [0.3, 0.4) is 0 Å². The minimum Gasteiger partial charge on any atom is -0.336 e. The normalized spacial score (nSPS) is 29.6. The van der Waals surface area contributed by atoms with Gasteiger partial charge in [-0.1, -0.05) is 13.0 Å². The maximum Gasteiger partial charge on any atom is 0.246 e. The molecule has 1 aliphatic rings. The van der Waals surface area contributed by atoms with Gasteiger partial charge in [-0.05, 0) is 38.7 Å². The molecule has 0 saturated carbocycles. The number of likely N-dealkylation sites (tertiary alicyclic amines) is 1. The van der Waals surface area contributed by atoms with Crippen molar-refractivity contribution in [1.29, 1.82) is 0 Å². The minimum atomic E-state index is 0.168. The van der Waals surface area contributed by atoms with Crippen molar-refractivity contribution in [2.24, 2.45) is 5.92 Å². The third kappa shape index (κ3) is 2.58. The Labute approximate surface area is 80.6 Å². The van der Waals surface area contributed by atoms with Crippen molar-refractivity contribution in [2.75, 3.05) is 6.54 Å². The molecule has 1 fully saturated rings. The number of rotatable bonds is 1. The fraction of sp³-hybridized carbons (Fsp3) is 0.727. The first-order valence-electron chi connectivity index (χ1n) is 5.08. The molecular weight excluding hydrogens is 162 g/mol. The fourth-order valence-electron chi connectivity index (χ4n) is 1.97. The highest BCUT2D eigenvalue weighted by molar-refractivity contribution is 5.87. The maximum absolute atomic E-state index is 11.6. The van der Waals surface area contributed by atoms with Crippen LogP contribution in [0.2, 0.25) is 0 Å². The molecule has 1 aliphatic heterocycles. The maximum atomic E-state index is 11.6. The van der Waals surface area contributed by atoms with Gasteiger partial charge in [0.25, 0.3) is 0 Å². The zero-order chi connectivity index (χ0) is 9.84. The van der Waals surface area contributed by atoms with Gasteiger partial charge in [-0.2, -0.15) is 0 Å². The Morgan fingerprint density at radius 1 is 1.46 bits per heavy atom. The van der Waals surface area contributed by atoms with E-state index in [1.54, 1.807) is 6.08 Å². The monoisotopic (exact) mass is 181 g/mol. The van der Waals surface area contributed by atoms with Crippen molar-refractivity contribution in [1.82, 2.24) is 4.90 Å². The van der Waals surface area contributed by atoms with Gasteiger partial charge in [-0.3, -0.25) is 4.79 Å². The van der Waals surface area contributed by atoms with E-state index in [1.165, 1.54) is 0 Å². The number of hydrogen-bond acceptors (Lipinski definition) is 1. The van der Waals surface area contributed by atoms with Gasteiger partial charge < -0.3 is 4.90 Å². The summed E-state index contributed by atoms with van der Waals surface area (Å²) in [4.78, 5) is 13.5. The highest BCUT2D eigenvalue weighted by Crippen LogP contribution is 2.22. The first kappa shape index (κ1) is 10.3. The highest BCUT2D eigenvalue weighted by atomic mass is 16.2. The Morgan fingerprint density at radius 3 is 2.69 bits per heavy atom. The third-order valence-electron chi connectivity index (χ3n) is 2.73. The molecule has 2 unspecified atom stereocenters. The molecule has 1 saturated heterocycles. The van der Waals surface area contributed by atoms with Crippen molar-refractivity contribution in [2.45, 2.75) is 39.7 Å². The van der Waals surface area contributed by atoms with Crippen LogP contribution in [0.4, 0.5) is 0 Å². The summed E-state index contributed by atoms with van der Waals surface area (Å²) in [7, 11) is 0. The van der Waals surface area contributed by atoms with Crippen LogP contribution in [0.1, 0.15) is 33.6 Å². The van der Waals surface area contributed by atoms with E-state index in [-0.39, 0.29) is 5.91 Å². The van der Waals surface area contributed by atoms with E-state index in [9.17, 15) is 4.79 Å². The average molecular weight is 181 g/mol. The fourth-order valence-corrected chi connectivity index (χ4v) is 1.97. The lowest BCUT2D eigenvalue weighted by Crippen LogP contribution is -2.43. The van der Waals surface area contributed by atoms with Gasteiger partial charge in [0.15, 0.2) is 0 Å². The predicted octanol–water partition coefficient (Wildman–Crippen LogP) is 2.21. The molecule has 0 aromatic carbocycles. The van der Waals surface area contributed by atoms with Gasteiger partial charge in [-0.15, -0.1) is 0 Å². The number of amides is 1. The van der Waals surface area contributed by atoms with Crippen molar-refractivity contribution in [3.63, 3.8) is 0 Å². The van der Waals surface area contributed by atoms with E-state index in [0.29, 0.717) is 6.04 Å². The van der Waals surface area contributed by atoms with E-state index in [4.69, 9.17) is 0 Å². The van der Waals surface area contributed by atoms with Gasteiger partial charge in [0.2, 0.25) is 5.91 Å². The summed E-state index contributed by atoms with van der Waals surface area (Å²) < 4.78 is 0. The van der Waals surface area contributed by atoms with Crippen LogP contribution < -0.4 is 0 Å². The molecule has 1 heterocycles. The Balaban J connectivity index is 2.55. The Hall–Kier alpha value is -0.790. The summed E-state index contributed by atoms with van der Waals surface area (Å²) in [5.74, 6) is 0.937. The van der Waals surface area contributed by atoms with Crippen LogP contribution in [0, 0.1) is 5.92 Å². The summed E-state index contributed by atoms with van der Waals surface area (Å²) in [5, 5.41) is 0. The van der Waals surface area contributed by atoms with E-state index >= 15 is 0 Å². The molecule has 13 heavy (non-hydrogen) atoms. The second-order valence-corrected chi connectivity index (χ2v) is 4.01. The summed E-state index contributed by atoms with van der Waals surface area (Å²) in [6, 6.07) is 0.410. The zero-order valence-electron chi connectivity index (χ0n) is 8.79.